The number of hydrogen-bond acceptors (Lipinski definition) is 4. The van der Waals surface area contributed by atoms with Crippen molar-refractivity contribution in [3.05, 3.63) is 59.7 Å². The van der Waals surface area contributed by atoms with E-state index in [2.05, 4.69) is 0 Å². The first-order chi connectivity index (χ1) is 11.2. The number of benzene rings is 2. The molecule has 1 heterocycles. The Hall–Kier alpha value is -2.35. The van der Waals surface area contributed by atoms with Gasteiger partial charge in [-0.25, -0.2) is 8.42 Å². The van der Waals surface area contributed by atoms with Gasteiger partial charge in [0.2, 0.25) is 0 Å². The number of ether oxygens (including phenoxy) is 1. The molecule has 2 aromatic carbocycles. The maximum absolute atomic E-state index is 12.5. The summed E-state index contributed by atoms with van der Waals surface area (Å²) >= 11 is 0. The number of hydrogen-bond donors (Lipinski definition) is 0. The van der Waals surface area contributed by atoms with Crippen LogP contribution >= 0.6 is 0 Å². The number of halogens is 3. The molecule has 24 heavy (non-hydrogen) atoms. The van der Waals surface area contributed by atoms with Crippen LogP contribution in [0, 0.1) is 0 Å². The Kier molecular flexibility index (Phi) is 3.87. The van der Waals surface area contributed by atoms with E-state index in [1.165, 1.54) is 0 Å². The number of para-hydroxylation sites is 1. The van der Waals surface area contributed by atoms with Gasteiger partial charge in [-0.05, 0) is 23.8 Å². The predicted octanol–water partition coefficient (Wildman–Crippen LogP) is 3.23. The van der Waals surface area contributed by atoms with Crippen LogP contribution in [0.25, 0.3) is 0 Å². The third kappa shape index (κ3) is 2.77. The van der Waals surface area contributed by atoms with Crippen molar-refractivity contribution in [2.45, 2.75) is 22.9 Å². The highest BCUT2D eigenvalue weighted by Crippen LogP contribution is 2.34. The van der Waals surface area contributed by atoms with Crippen molar-refractivity contribution in [3.8, 4) is 5.75 Å². The van der Waals surface area contributed by atoms with Gasteiger partial charge in [0.1, 0.15) is 5.75 Å². The molecule has 1 aliphatic heterocycles. The molecule has 8 heteroatoms. The fraction of sp³-hybridized carbons (Fsp3) is 0.188. The lowest BCUT2D eigenvalue weighted by Gasteiger charge is -2.25. The molecule has 0 N–H and O–H groups in total. The Morgan fingerprint density at radius 1 is 1.00 bits per heavy atom. The van der Waals surface area contributed by atoms with E-state index in [-0.39, 0.29) is 12.2 Å². The fourth-order valence-corrected chi connectivity index (χ4v) is 3.21. The second kappa shape index (κ2) is 5.62. The minimum absolute atomic E-state index is 0.142. The molecule has 0 saturated carbocycles. The van der Waals surface area contributed by atoms with E-state index in [9.17, 15) is 26.4 Å². The smallest absolute Gasteiger partial charge is 0.478 e. The summed E-state index contributed by atoms with van der Waals surface area (Å²) in [5.41, 5.74) is -4.34. The maximum atomic E-state index is 12.5. The second-order valence-corrected chi connectivity index (χ2v) is 7.21. The van der Waals surface area contributed by atoms with E-state index in [4.69, 9.17) is 4.74 Å². The monoisotopic (exact) mass is 356 g/mol. The standard InChI is InChI=1S/C16H11F3O4S/c17-16(18,19)24(21,22)12-7-5-10(6-8-12)15-13(20)9-11-3-1-2-4-14(11)23-15/h1-8,15H,9H2. The molecule has 1 aliphatic rings. The second-order valence-electron chi connectivity index (χ2n) is 5.27. The largest absolute Gasteiger partial charge is 0.501 e. The highest BCUT2D eigenvalue weighted by molar-refractivity contribution is 7.92. The Morgan fingerprint density at radius 3 is 2.25 bits per heavy atom. The number of Topliss-reactive ketones (excluding diaryl/α,β-unsaturated/α-hetero) is 1. The number of fused-ring (bicyclic) bond motifs is 1. The van der Waals surface area contributed by atoms with Crippen molar-refractivity contribution in [1.82, 2.24) is 0 Å². The van der Waals surface area contributed by atoms with Gasteiger partial charge in [-0.15, -0.1) is 0 Å². The first kappa shape index (κ1) is 16.5. The molecule has 0 aromatic heterocycles. The van der Waals surface area contributed by atoms with Gasteiger partial charge in [0, 0.05) is 12.0 Å². The molecule has 2 aromatic rings. The molecular formula is C16H11F3O4S. The summed E-state index contributed by atoms with van der Waals surface area (Å²) in [5, 5.41) is 0. The van der Waals surface area contributed by atoms with Crippen LogP contribution in [0.3, 0.4) is 0 Å². The zero-order valence-corrected chi connectivity index (χ0v) is 12.9. The molecule has 0 radical (unpaired) electrons. The van der Waals surface area contributed by atoms with Crippen LogP contribution in [0.5, 0.6) is 5.75 Å². The Labute approximate surface area is 135 Å². The van der Waals surface area contributed by atoms with Crippen LogP contribution in [0.1, 0.15) is 17.2 Å². The summed E-state index contributed by atoms with van der Waals surface area (Å²) in [6.07, 6.45) is -0.828. The topological polar surface area (TPSA) is 60.4 Å². The Morgan fingerprint density at radius 2 is 1.62 bits per heavy atom. The SMILES string of the molecule is O=C1Cc2ccccc2OC1c1ccc(S(=O)(=O)C(F)(F)F)cc1. The van der Waals surface area contributed by atoms with Crippen molar-refractivity contribution in [2.75, 3.05) is 0 Å². The molecule has 1 unspecified atom stereocenters. The fourth-order valence-electron chi connectivity index (χ4n) is 2.45. The minimum Gasteiger partial charge on any atom is -0.478 e. The number of ketones is 1. The van der Waals surface area contributed by atoms with Gasteiger partial charge in [-0.3, -0.25) is 4.79 Å². The number of carbonyl (C=O) groups is 1. The van der Waals surface area contributed by atoms with Crippen molar-refractivity contribution < 1.29 is 31.1 Å². The van der Waals surface area contributed by atoms with Crippen LogP contribution in [0.4, 0.5) is 13.2 Å². The van der Waals surface area contributed by atoms with Crippen LogP contribution in [0.2, 0.25) is 0 Å². The molecule has 0 aliphatic carbocycles. The average Bonchev–Trinajstić information content (AvgIpc) is 2.53. The van der Waals surface area contributed by atoms with Crippen LogP contribution < -0.4 is 4.74 Å². The van der Waals surface area contributed by atoms with Gasteiger partial charge in [0.15, 0.2) is 11.9 Å². The van der Waals surface area contributed by atoms with E-state index >= 15 is 0 Å². The van der Waals surface area contributed by atoms with Gasteiger partial charge >= 0.3 is 5.51 Å². The van der Waals surface area contributed by atoms with Crippen LogP contribution in [-0.2, 0) is 21.1 Å². The van der Waals surface area contributed by atoms with Crippen molar-refractivity contribution >= 4 is 15.6 Å². The third-order valence-electron chi connectivity index (χ3n) is 3.67. The third-order valence-corrected chi connectivity index (χ3v) is 5.17. The van der Waals surface area contributed by atoms with Crippen molar-refractivity contribution in [2.24, 2.45) is 0 Å². The van der Waals surface area contributed by atoms with E-state index in [1.54, 1.807) is 24.3 Å². The number of carbonyl (C=O) groups excluding carboxylic acids is 1. The summed E-state index contributed by atoms with van der Waals surface area (Å²) in [7, 11) is -5.41. The molecule has 126 valence electrons. The Bertz CT molecular complexity index is 886. The quantitative estimate of drug-likeness (QED) is 0.829. The summed E-state index contributed by atoms with van der Waals surface area (Å²) in [4.78, 5) is 11.3. The first-order valence-electron chi connectivity index (χ1n) is 6.89. The molecule has 1 atom stereocenters. The molecule has 0 spiro atoms. The first-order valence-corrected chi connectivity index (χ1v) is 8.37. The summed E-state index contributed by atoms with van der Waals surface area (Å²) in [6.45, 7) is 0. The minimum atomic E-state index is -5.41. The van der Waals surface area contributed by atoms with E-state index in [0.717, 1.165) is 29.8 Å². The van der Waals surface area contributed by atoms with Gasteiger partial charge in [-0.2, -0.15) is 13.2 Å². The van der Waals surface area contributed by atoms with Crippen LogP contribution in [-0.4, -0.2) is 19.7 Å². The predicted molar refractivity (Wildman–Crippen MR) is 78.2 cm³/mol. The van der Waals surface area contributed by atoms with E-state index in [0.29, 0.717) is 11.3 Å². The van der Waals surface area contributed by atoms with Crippen molar-refractivity contribution in [1.29, 1.82) is 0 Å². The summed E-state index contributed by atoms with van der Waals surface area (Å²) in [5.74, 6) is 0.272. The van der Waals surface area contributed by atoms with Gasteiger partial charge < -0.3 is 4.74 Å². The van der Waals surface area contributed by atoms with Gasteiger partial charge in [0.05, 0.1) is 4.90 Å². The molecular weight excluding hydrogens is 345 g/mol. The summed E-state index contributed by atoms with van der Waals surface area (Å²) < 4.78 is 65.9. The lowest BCUT2D eigenvalue weighted by Crippen LogP contribution is -2.26. The van der Waals surface area contributed by atoms with E-state index in [1.807, 2.05) is 0 Å². The lowest BCUT2D eigenvalue weighted by molar-refractivity contribution is -0.126. The molecule has 0 bridgehead atoms. The molecule has 0 saturated heterocycles. The summed E-state index contributed by atoms with van der Waals surface area (Å²) in [6, 6.07) is 10.9. The molecule has 0 amide bonds. The lowest BCUT2D eigenvalue weighted by atomic mass is 9.96. The normalized spacial score (nSPS) is 18.0. The van der Waals surface area contributed by atoms with Crippen molar-refractivity contribution in [3.63, 3.8) is 0 Å². The molecule has 0 fully saturated rings. The zero-order chi connectivity index (χ0) is 17.5. The average molecular weight is 356 g/mol. The number of rotatable bonds is 2. The van der Waals surface area contributed by atoms with Gasteiger partial charge in [0.25, 0.3) is 9.84 Å². The van der Waals surface area contributed by atoms with Crippen LogP contribution in [0.15, 0.2) is 53.4 Å². The highest BCUT2D eigenvalue weighted by atomic mass is 32.2. The van der Waals surface area contributed by atoms with E-state index < -0.39 is 26.3 Å². The maximum Gasteiger partial charge on any atom is 0.501 e. The molecule has 4 nitrogen and oxygen atoms in total. The highest BCUT2D eigenvalue weighted by Gasteiger charge is 2.46. The zero-order valence-electron chi connectivity index (χ0n) is 12.1. The Balaban J connectivity index is 1.91. The number of sulfone groups is 1. The number of alkyl halides is 3. The van der Waals surface area contributed by atoms with Gasteiger partial charge in [-0.1, -0.05) is 30.3 Å². The molecule has 3 rings (SSSR count).